The first-order valence-electron chi connectivity index (χ1n) is 9.46. The molecule has 2 saturated heterocycles. The Bertz CT molecular complexity index is 888. The number of carbonyl (C=O) groups excluding carboxylic acids is 2. The SMILES string of the molecule is CN1CC(c2ccccc2)C2(CN(C(=O)Cc3cccc(F)c3)CCO2)C1=O. The number of halogens is 1. The Morgan fingerprint density at radius 1 is 1.21 bits per heavy atom. The number of ether oxygens (including phenoxy) is 1. The molecule has 2 atom stereocenters. The van der Waals surface area contributed by atoms with Crippen LogP contribution < -0.4 is 0 Å². The summed E-state index contributed by atoms with van der Waals surface area (Å²) in [5.74, 6) is -0.719. The molecule has 2 amide bonds. The monoisotopic (exact) mass is 382 g/mol. The van der Waals surface area contributed by atoms with Crippen LogP contribution in [0.3, 0.4) is 0 Å². The molecule has 5 nitrogen and oxygen atoms in total. The molecule has 0 saturated carbocycles. The highest BCUT2D eigenvalue weighted by molar-refractivity contribution is 5.90. The summed E-state index contributed by atoms with van der Waals surface area (Å²) in [7, 11) is 1.77. The third-order valence-corrected chi connectivity index (χ3v) is 5.67. The minimum absolute atomic E-state index is 0.0930. The van der Waals surface area contributed by atoms with Gasteiger partial charge in [-0.2, -0.15) is 0 Å². The van der Waals surface area contributed by atoms with E-state index in [1.54, 1.807) is 29.0 Å². The van der Waals surface area contributed by atoms with E-state index in [4.69, 9.17) is 4.74 Å². The minimum atomic E-state index is -1.06. The van der Waals surface area contributed by atoms with Crippen LogP contribution in [-0.2, 0) is 20.7 Å². The number of benzene rings is 2. The van der Waals surface area contributed by atoms with Crippen LogP contribution in [0.5, 0.6) is 0 Å². The number of likely N-dealkylation sites (N-methyl/N-ethyl adjacent to an activating group) is 1. The maximum atomic E-state index is 13.4. The number of morpholine rings is 1. The summed E-state index contributed by atoms with van der Waals surface area (Å²) < 4.78 is 19.5. The van der Waals surface area contributed by atoms with Crippen molar-refractivity contribution in [3.05, 3.63) is 71.5 Å². The van der Waals surface area contributed by atoms with Crippen LogP contribution in [0.2, 0.25) is 0 Å². The van der Waals surface area contributed by atoms with Crippen molar-refractivity contribution < 1.29 is 18.7 Å². The number of hydrogen-bond acceptors (Lipinski definition) is 3. The van der Waals surface area contributed by atoms with E-state index >= 15 is 0 Å². The van der Waals surface area contributed by atoms with Gasteiger partial charge in [0.15, 0.2) is 5.60 Å². The summed E-state index contributed by atoms with van der Waals surface area (Å²) in [5, 5.41) is 0. The van der Waals surface area contributed by atoms with Crippen LogP contribution in [0.25, 0.3) is 0 Å². The molecule has 2 heterocycles. The smallest absolute Gasteiger partial charge is 0.257 e. The Morgan fingerprint density at radius 3 is 2.75 bits per heavy atom. The van der Waals surface area contributed by atoms with E-state index in [1.165, 1.54) is 12.1 Å². The van der Waals surface area contributed by atoms with Gasteiger partial charge in [-0.05, 0) is 23.3 Å². The number of amides is 2. The first kappa shape index (κ1) is 18.6. The molecule has 146 valence electrons. The molecule has 6 heteroatoms. The highest BCUT2D eigenvalue weighted by atomic mass is 19.1. The van der Waals surface area contributed by atoms with E-state index in [1.807, 2.05) is 30.3 Å². The summed E-state index contributed by atoms with van der Waals surface area (Å²) in [4.78, 5) is 29.3. The summed E-state index contributed by atoms with van der Waals surface area (Å²) in [6.45, 7) is 1.49. The van der Waals surface area contributed by atoms with Gasteiger partial charge in [0, 0.05) is 26.1 Å². The normalized spacial score (nSPS) is 24.8. The van der Waals surface area contributed by atoms with Crippen molar-refractivity contribution >= 4 is 11.8 Å². The fourth-order valence-corrected chi connectivity index (χ4v) is 4.27. The predicted molar refractivity (Wildman–Crippen MR) is 102 cm³/mol. The van der Waals surface area contributed by atoms with E-state index in [0.717, 1.165) is 5.56 Å². The van der Waals surface area contributed by atoms with Gasteiger partial charge in [0.05, 0.1) is 19.6 Å². The summed E-state index contributed by atoms with van der Waals surface area (Å²) in [6, 6.07) is 15.9. The number of carbonyl (C=O) groups is 2. The Hall–Kier alpha value is -2.73. The molecule has 0 radical (unpaired) electrons. The van der Waals surface area contributed by atoms with Crippen LogP contribution in [0.4, 0.5) is 4.39 Å². The molecule has 2 aliphatic heterocycles. The van der Waals surface area contributed by atoms with Gasteiger partial charge < -0.3 is 14.5 Å². The molecule has 0 aromatic heterocycles. The number of likely N-dealkylation sites (tertiary alicyclic amines) is 1. The highest BCUT2D eigenvalue weighted by Crippen LogP contribution is 2.41. The molecule has 28 heavy (non-hydrogen) atoms. The summed E-state index contributed by atoms with van der Waals surface area (Å²) >= 11 is 0. The predicted octanol–water partition coefficient (Wildman–Crippen LogP) is 2.22. The van der Waals surface area contributed by atoms with E-state index < -0.39 is 5.60 Å². The lowest BCUT2D eigenvalue weighted by Gasteiger charge is -2.42. The van der Waals surface area contributed by atoms with Crippen LogP contribution in [0.1, 0.15) is 17.0 Å². The summed E-state index contributed by atoms with van der Waals surface area (Å²) in [6.07, 6.45) is 0.105. The summed E-state index contributed by atoms with van der Waals surface area (Å²) in [5.41, 5.74) is 0.589. The van der Waals surface area contributed by atoms with Gasteiger partial charge in [-0.1, -0.05) is 42.5 Å². The zero-order valence-electron chi connectivity index (χ0n) is 15.8. The molecule has 2 aromatic rings. The standard InChI is InChI=1S/C22H23FN2O3/c1-24-14-19(17-7-3-2-4-8-17)22(21(24)27)15-25(10-11-28-22)20(26)13-16-6-5-9-18(23)12-16/h2-9,12,19H,10-11,13-15H2,1H3. The van der Waals surface area contributed by atoms with Crippen molar-refractivity contribution in [3.8, 4) is 0 Å². The van der Waals surface area contributed by atoms with E-state index in [0.29, 0.717) is 25.3 Å². The van der Waals surface area contributed by atoms with Crippen molar-refractivity contribution in [3.63, 3.8) is 0 Å². The lowest BCUT2D eigenvalue weighted by molar-refractivity contribution is -0.166. The molecule has 2 fully saturated rings. The fourth-order valence-electron chi connectivity index (χ4n) is 4.27. The molecule has 2 aliphatic rings. The second-order valence-corrected chi connectivity index (χ2v) is 7.51. The van der Waals surface area contributed by atoms with E-state index in [2.05, 4.69) is 0 Å². The first-order valence-corrected chi connectivity index (χ1v) is 9.46. The highest BCUT2D eigenvalue weighted by Gasteiger charge is 2.57. The maximum absolute atomic E-state index is 13.4. The lowest BCUT2D eigenvalue weighted by atomic mass is 9.83. The number of nitrogens with zero attached hydrogens (tertiary/aromatic N) is 2. The van der Waals surface area contributed by atoms with Crippen LogP contribution in [-0.4, -0.2) is 60.5 Å². The third-order valence-electron chi connectivity index (χ3n) is 5.67. The third kappa shape index (κ3) is 3.29. The molecule has 1 spiro atoms. The van der Waals surface area contributed by atoms with Crippen LogP contribution in [0.15, 0.2) is 54.6 Å². The van der Waals surface area contributed by atoms with E-state index in [-0.39, 0.29) is 36.5 Å². The Labute approximate surface area is 163 Å². The maximum Gasteiger partial charge on any atom is 0.257 e. The van der Waals surface area contributed by atoms with Crippen molar-refractivity contribution in [1.82, 2.24) is 9.80 Å². The van der Waals surface area contributed by atoms with Crippen LogP contribution >= 0.6 is 0 Å². The molecular formula is C22H23FN2O3. The topological polar surface area (TPSA) is 49.9 Å². The first-order chi connectivity index (χ1) is 13.5. The molecule has 2 aromatic carbocycles. The largest absolute Gasteiger partial charge is 0.361 e. The fraction of sp³-hybridized carbons (Fsp3) is 0.364. The number of rotatable bonds is 3. The zero-order valence-corrected chi connectivity index (χ0v) is 15.8. The molecule has 0 N–H and O–H groups in total. The average Bonchev–Trinajstić information content (AvgIpc) is 2.94. The lowest BCUT2D eigenvalue weighted by Crippen LogP contribution is -2.59. The van der Waals surface area contributed by atoms with Crippen molar-refractivity contribution in [2.24, 2.45) is 0 Å². The molecular weight excluding hydrogens is 359 g/mol. The second kappa shape index (κ2) is 7.36. The molecule has 0 bridgehead atoms. The Morgan fingerprint density at radius 2 is 2.00 bits per heavy atom. The molecule has 0 aliphatic carbocycles. The van der Waals surface area contributed by atoms with Gasteiger partial charge in [-0.25, -0.2) is 4.39 Å². The quantitative estimate of drug-likeness (QED) is 0.818. The van der Waals surface area contributed by atoms with Gasteiger partial charge in [-0.3, -0.25) is 9.59 Å². The Balaban J connectivity index is 1.58. The Kier molecular flexibility index (Phi) is 4.89. The minimum Gasteiger partial charge on any atom is -0.361 e. The van der Waals surface area contributed by atoms with Crippen molar-refractivity contribution in [2.45, 2.75) is 17.9 Å². The molecule has 2 unspecified atom stereocenters. The number of hydrogen-bond donors (Lipinski definition) is 0. The van der Waals surface area contributed by atoms with Crippen molar-refractivity contribution in [2.75, 3.05) is 33.3 Å². The van der Waals surface area contributed by atoms with Gasteiger partial charge in [0.1, 0.15) is 5.82 Å². The zero-order chi connectivity index (χ0) is 19.7. The average molecular weight is 382 g/mol. The second-order valence-electron chi connectivity index (χ2n) is 7.51. The van der Waals surface area contributed by atoms with Crippen molar-refractivity contribution in [1.29, 1.82) is 0 Å². The van der Waals surface area contributed by atoms with Gasteiger partial charge in [-0.15, -0.1) is 0 Å². The molecule has 4 rings (SSSR count). The van der Waals surface area contributed by atoms with Gasteiger partial charge >= 0.3 is 0 Å². The van der Waals surface area contributed by atoms with Gasteiger partial charge in [0.2, 0.25) is 5.91 Å². The van der Waals surface area contributed by atoms with E-state index in [9.17, 15) is 14.0 Å². The van der Waals surface area contributed by atoms with Gasteiger partial charge in [0.25, 0.3) is 5.91 Å². The van der Waals surface area contributed by atoms with Crippen LogP contribution in [0, 0.1) is 5.82 Å².